The van der Waals surface area contributed by atoms with E-state index in [0.29, 0.717) is 38.2 Å². The van der Waals surface area contributed by atoms with Crippen molar-refractivity contribution in [3.8, 4) is 0 Å². The number of morpholine rings is 1. The molecule has 2 aromatic heterocycles. The van der Waals surface area contributed by atoms with E-state index in [1.54, 1.807) is 0 Å². The molecule has 2 saturated heterocycles. The monoisotopic (exact) mass is 423 g/mol. The molecule has 3 fully saturated rings. The van der Waals surface area contributed by atoms with Crippen LogP contribution in [-0.2, 0) is 22.4 Å². The summed E-state index contributed by atoms with van der Waals surface area (Å²) in [6, 6.07) is -0.185. The summed E-state index contributed by atoms with van der Waals surface area (Å²) in [7, 11) is 0. The topological polar surface area (TPSA) is 99.3 Å². The van der Waals surface area contributed by atoms with Gasteiger partial charge in [-0.1, -0.05) is 0 Å². The van der Waals surface area contributed by atoms with Gasteiger partial charge in [-0.15, -0.1) is 0 Å². The molecule has 0 radical (unpaired) electrons. The van der Waals surface area contributed by atoms with Crippen LogP contribution in [0.3, 0.4) is 0 Å². The Balaban J connectivity index is 1.27. The molecule has 31 heavy (non-hydrogen) atoms. The highest BCUT2D eigenvalue weighted by atomic mass is 16.5. The number of carbonyl (C=O) groups excluding carboxylic acids is 1. The SMILES string of the molecule is O=C([C@H]1CCCN1c1nc2c(c(Nc3ncc(C4CC4)[nH]3)n1)CCC2)N1CCOCC1. The summed E-state index contributed by atoms with van der Waals surface area (Å²) < 4.78 is 5.42. The number of rotatable bonds is 5. The predicted octanol–water partition coefficient (Wildman–Crippen LogP) is 2.14. The van der Waals surface area contributed by atoms with Gasteiger partial charge in [0.2, 0.25) is 17.8 Å². The lowest BCUT2D eigenvalue weighted by molar-refractivity contribution is -0.136. The minimum absolute atomic E-state index is 0.180. The van der Waals surface area contributed by atoms with Crippen LogP contribution in [0.4, 0.5) is 17.7 Å². The number of nitrogens with zero attached hydrogens (tertiary/aromatic N) is 5. The zero-order chi connectivity index (χ0) is 20.8. The number of nitrogens with one attached hydrogen (secondary N) is 2. The van der Waals surface area contributed by atoms with Gasteiger partial charge in [-0.2, -0.15) is 4.98 Å². The number of H-pyrrole nitrogens is 1. The number of ether oxygens (including phenoxy) is 1. The Morgan fingerprint density at radius 3 is 2.81 bits per heavy atom. The molecule has 0 unspecified atom stereocenters. The van der Waals surface area contributed by atoms with Crippen LogP contribution < -0.4 is 10.2 Å². The van der Waals surface area contributed by atoms with Gasteiger partial charge >= 0.3 is 0 Å². The minimum atomic E-state index is -0.185. The average Bonchev–Trinajstić information content (AvgIpc) is 3.20. The van der Waals surface area contributed by atoms with Gasteiger partial charge in [0.15, 0.2) is 0 Å². The Morgan fingerprint density at radius 1 is 1.10 bits per heavy atom. The molecule has 1 saturated carbocycles. The maximum absolute atomic E-state index is 13.2. The Morgan fingerprint density at radius 2 is 1.97 bits per heavy atom. The minimum Gasteiger partial charge on any atom is -0.378 e. The smallest absolute Gasteiger partial charge is 0.245 e. The van der Waals surface area contributed by atoms with Crippen molar-refractivity contribution in [2.24, 2.45) is 0 Å². The second-order valence-electron chi connectivity index (χ2n) is 9.03. The third-order valence-electron chi connectivity index (χ3n) is 6.89. The van der Waals surface area contributed by atoms with Crippen molar-refractivity contribution < 1.29 is 9.53 Å². The first-order valence-corrected chi connectivity index (χ1v) is 11.6. The number of hydrogen-bond acceptors (Lipinski definition) is 7. The van der Waals surface area contributed by atoms with Crippen molar-refractivity contribution >= 4 is 23.6 Å². The zero-order valence-electron chi connectivity index (χ0n) is 17.8. The van der Waals surface area contributed by atoms with Crippen molar-refractivity contribution in [3.63, 3.8) is 0 Å². The predicted molar refractivity (Wildman–Crippen MR) is 116 cm³/mol. The van der Waals surface area contributed by atoms with Gasteiger partial charge in [0, 0.05) is 36.8 Å². The molecule has 0 aromatic carbocycles. The molecule has 6 rings (SSSR count). The number of imidazole rings is 1. The largest absolute Gasteiger partial charge is 0.378 e. The lowest BCUT2D eigenvalue weighted by Crippen LogP contribution is -2.50. The number of aromatic nitrogens is 4. The van der Waals surface area contributed by atoms with Crippen LogP contribution in [0.5, 0.6) is 0 Å². The van der Waals surface area contributed by atoms with E-state index in [0.717, 1.165) is 56.1 Å². The van der Waals surface area contributed by atoms with Gasteiger partial charge < -0.3 is 24.8 Å². The van der Waals surface area contributed by atoms with E-state index in [2.05, 4.69) is 20.2 Å². The lowest BCUT2D eigenvalue weighted by atomic mass is 10.2. The van der Waals surface area contributed by atoms with Crippen molar-refractivity contribution in [2.75, 3.05) is 43.1 Å². The van der Waals surface area contributed by atoms with Crippen molar-refractivity contribution in [1.29, 1.82) is 0 Å². The highest BCUT2D eigenvalue weighted by Gasteiger charge is 2.36. The van der Waals surface area contributed by atoms with Crippen LogP contribution in [0.2, 0.25) is 0 Å². The fourth-order valence-corrected chi connectivity index (χ4v) is 5.02. The molecule has 0 spiro atoms. The second kappa shape index (κ2) is 7.78. The summed E-state index contributed by atoms with van der Waals surface area (Å²) in [5.74, 6) is 3.05. The summed E-state index contributed by atoms with van der Waals surface area (Å²) in [5.41, 5.74) is 3.48. The Kier molecular flexibility index (Phi) is 4.78. The van der Waals surface area contributed by atoms with E-state index in [4.69, 9.17) is 14.7 Å². The number of aromatic amines is 1. The van der Waals surface area contributed by atoms with Gasteiger partial charge in [-0.05, 0) is 44.9 Å². The number of carbonyl (C=O) groups is 1. The number of fused-ring (bicyclic) bond motifs is 1. The van der Waals surface area contributed by atoms with Crippen LogP contribution in [-0.4, -0.2) is 69.6 Å². The number of amides is 1. The molecule has 1 amide bonds. The number of hydrogen-bond donors (Lipinski definition) is 2. The maximum Gasteiger partial charge on any atom is 0.245 e. The molecular weight excluding hydrogens is 394 g/mol. The fraction of sp³-hybridized carbons (Fsp3) is 0.636. The standard InChI is InChI=1S/C22H29N7O2/c30-20(28-9-11-31-12-10-28)18-5-2-8-29(18)22-25-16-4-1-3-15(16)19(27-22)26-21-23-13-17(24-21)14-6-7-14/h13-14,18H,1-12H2,(H2,23,24,25,26,27)/t18-/m1/s1. The van der Waals surface area contributed by atoms with Gasteiger partial charge in [0.1, 0.15) is 11.9 Å². The Labute approximate surface area is 181 Å². The molecule has 2 aliphatic carbocycles. The first kappa shape index (κ1) is 19.0. The average molecular weight is 424 g/mol. The quantitative estimate of drug-likeness (QED) is 0.760. The van der Waals surface area contributed by atoms with Crippen LogP contribution in [0.1, 0.15) is 55.0 Å². The Hall–Kier alpha value is -2.68. The molecule has 164 valence electrons. The molecule has 2 N–H and O–H groups in total. The zero-order valence-corrected chi connectivity index (χ0v) is 17.8. The highest BCUT2D eigenvalue weighted by molar-refractivity contribution is 5.85. The lowest BCUT2D eigenvalue weighted by Gasteiger charge is -2.32. The summed E-state index contributed by atoms with van der Waals surface area (Å²) in [6.45, 7) is 3.39. The molecule has 4 heterocycles. The van der Waals surface area contributed by atoms with Gasteiger partial charge in [-0.25, -0.2) is 9.97 Å². The van der Waals surface area contributed by atoms with Gasteiger partial charge in [0.25, 0.3) is 0 Å². The van der Waals surface area contributed by atoms with Crippen LogP contribution in [0.25, 0.3) is 0 Å². The molecule has 0 bridgehead atoms. The summed E-state index contributed by atoms with van der Waals surface area (Å²) in [5, 5.41) is 3.42. The van der Waals surface area contributed by atoms with E-state index in [1.165, 1.54) is 24.1 Å². The third-order valence-corrected chi connectivity index (χ3v) is 6.89. The molecule has 9 nitrogen and oxygen atoms in total. The molecular formula is C22H29N7O2. The van der Waals surface area contributed by atoms with Crippen molar-refractivity contribution in [3.05, 3.63) is 23.1 Å². The van der Waals surface area contributed by atoms with Crippen LogP contribution in [0, 0.1) is 0 Å². The third kappa shape index (κ3) is 3.64. The van der Waals surface area contributed by atoms with E-state index in [9.17, 15) is 4.79 Å². The maximum atomic E-state index is 13.2. The van der Waals surface area contributed by atoms with Crippen LogP contribution >= 0.6 is 0 Å². The van der Waals surface area contributed by atoms with E-state index < -0.39 is 0 Å². The summed E-state index contributed by atoms with van der Waals surface area (Å²) in [6.07, 6.45) is 9.26. The molecule has 9 heteroatoms. The number of aryl methyl sites for hydroxylation is 1. The molecule has 4 aliphatic rings. The summed E-state index contributed by atoms with van der Waals surface area (Å²) in [4.78, 5) is 35.0. The first-order chi connectivity index (χ1) is 15.3. The Bertz CT molecular complexity index is 980. The number of anilines is 3. The molecule has 2 aromatic rings. The van der Waals surface area contributed by atoms with E-state index in [-0.39, 0.29) is 11.9 Å². The normalized spacial score (nSPS) is 23.3. The fourth-order valence-electron chi connectivity index (χ4n) is 5.02. The molecule has 2 aliphatic heterocycles. The van der Waals surface area contributed by atoms with Gasteiger partial charge in [0.05, 0.1) is 25.1 Å². The second-order valence-corrected chi connectivity index (χ2v) is 9.03. The van der Waals surface area contributed by atoms with Crippen molar-refractivity contribution in [1.82, 2.24) is 24.8 Å². The molecule has 1 atom stereocenters. The van der Waals surface area contributed by atoms with E-state index in [1.807, 2.05) is 11.1 Å². The van der Waals surface area contributed by atoms with E-state index >= 15 is 0 Å². The highest BCUT2D eigenvalue weighted by Crippen LogP contribution is 2.39. The van der Waals surface area contributed by atoms with Crippen molar-refractivity contribution in [2.45, 2.75) is 56.9 Å². The van der Waals surface area contributed by atoms with Gasteiger partial charge in [-0.3, -0.25) is 4.79 Å². The van der Waals surface area contributed by atoms with Crippen LogP contribution in [0.15, 0.2) is 6.20 Å². The first-order valence-electron chi connectivity index (χ1n) is 11.6. The summed E-state index contributed by atoms with van der Waals surface area (Å²) >= 11 is 0.